The number of carbonyl (C=O) groups is 4. The van der Waals surface area contributed by atoms with Gasteiger partial charge in [-0.25, -0.2) is 9.86 Å². The molecule has 1 aromatic heterocycles. The van der Waals surface area contributed by atoms with E-state index in [-0.39, 0.29) is 17.9 Å². The summed E-state index contributed by atoms with van der Waals surface area (Å²) < 4.78 is 13.7. The Morgan fingerprint density at radius 2 is 1.90 bits per heavy atom. The first kappa shape index (κ1) is 24.9. The van der Waals surface area contributed by atoms with E-state index in [2.05, 4.69) is 15.6 Å². The minimum atomic E-state index is -1.44. The third-order valence-electron chi connectivity index (χ3n) is 4.04. The van der Waals surface area contributed by atoms with E-state index in [0.29, 0.717) is 37.9 Å². The number of carbonyl (C=O) groups excluding carboxylic acids is 2. The van der Waals surface area contributed by atoms with Gasteiger partial charge >= 0.3 is 11.9 Å². The molecule has 0 bridgehead atoms. The molecule has 0 spiro atoms. The highest BCUT2D eigenvalue weighted by Gasteiger charge is 2.23. The molecule has 4 N–H and O–H groups in total. The van der Waals surface area contributed by atoms with Crippen LogP contribution in [0.25, 0.3) is 0 Å². The van der Waals surface area contributed by atoms with Crippen LogP contribution in [-0.4, -0.2) is 78.5 Å². The molecule has 13 heteroatoms. The molecular formula is C17H26FN5O7. The highest BCUT2D eigenvalue weighted by Crippen LogP contribution is 2.04. The Balaban J connectivity index is 2.31. The van der Waals surface area contributed by atoms with Gasteiger partial charge in [-0.1, -0.05) is 5.21 Å². The van der Waals surface area contributed by atoms with Crippen LogP contribution in [0, 0.1) is 0 Å². The molecule has 1 atom stereocenters. The second kappa shape index (κ2) is 13.2. The number of alkyl halides is 1. The van der Waals surface area contributed by atoms with E-state index in [1.54, 1.807) is 10.9 Å². The third-order valence-corrected chi connectivity index (χ3v) is 4.04. The van der Waals surface area contributed by atoms with Crippen molar-refractivity contribution in [1.82, 2.24) is 25.4 Å². The van der Waals surface area contributed by atoms with E-state index in [1.807, 2.05) is 0 Å². The Labute approximate surface area is 171 Å². The van der Waals surface area contributed by atoms with Gasteiger partial charge in [0.25, 0.3) is 0 Å². The summed E-state index contributed by atoms with van der Waals surface area (Å²) in [5.74, 6) is -4.27. The Kier molecular flexibility index (Phi) is 11.0. The van der Waals surface area contributed by atoms with E-state index in [0.717, 1.165) is 0 Å². The predicted molar refractivity (Wildman–Crippen MR) is 98.1 cm³/mol. The van der Waals surface area contributed by atoms with Crippen LogP contribution in [0.4, 0.5) is 4.39 Å². The van der Waals surface area contributed by atoms with Gasteiger partial charge in [0.15, 0.2) is 0 Å². The van der Waals surface area contributed by atoms with Crippen LogP contribution in [0.2, 0.25) is 0 Å². The van der Waals surface area contributed by atoms with Gasteiger partial charge < -0.3 is 15.5 Å². The molecule has 1 rings (SSSR count). The largest absolute Gasteiger partial charge is 0.481 e. The maximum absolute atomic E-state index is 12.1. The fraction of sp³-hybridized carbons (Fsp3) is 0.647. The van der Waals surface area contributed by atoms with Crippen molar-refractivity contribution in [3.8, 4) is 0 Å². The molecule has 1 aromatic rings. The number of nitrogens with zero attached hydrogens (tertiary/aromatic N) is 4. The maximum Gasteiger partial charge on any atom is 0.326 e. The molecule has 0 fully saturated rings. The van der Waals surface area contributed by atoms with E-state index in [9.17, 15) is 28.8 Å². The molecule has 0 radical (unpaired) electrons. The van der Waals surface area contributed by atoms with Crippen LogP contribution in [-0.2, 0) is 32.1 Å². The van der Waals surface area contributed by atoms with Crippen LogP contribution < -0.4 is 5.32 Å². The lowest BCUT2D eigenvalue weighted by atomic mass is 10.1. The molecule has 0 unspecified atom stereocenters. The minimum Gasteiger partial charge on any atom is -0.481 e. The second-order valence-corrected chi connectivity index (χ2v) is 6.56. The second-order valence-electron chi connectivity index (χ2n) is 6.56. The van der Waals surface area contributed by atoms with E-state index >= 15 is 0 Å². The number of hydrogen-bond acceptors (Lipinski definition) is 7. The molecule has 1 heterocycles. The molecular weight excluding hydrogens is 405 g/mol. The zero-order valence-electron chi connectivity index (χ0n) is 16.4. The van der Waals surface area contributed by atoms with Crippen LogP contribution in [0.1, 0.15) is 44.2 Å². The van der Waals surface area contributed by atoms with Crippen LogP contribution >= 0.6 is 0 Å². The standard InChI is InChI=1S/C17H26FN5O7/c18-8-3-4-12-10-22(21-20-12)9-2-1-5-15(25)23(30)11-14(24)19-13(17(28)29)6-7-16(26)27/h10,13,30H,1-9,11H2,(H,19,24)(H,26,27)(H,28,29)/t13-/m0/s1. The Morgan fingerprint density at radius 1 is 1.17 bits per heavy atom. The number of aliphatic carboxylic acids is 2. The number of hydrogen-bond donors (Lipinski definition) is 4. The number of aromatic nitrogens is 3. The first-order valence-electron chi connectivity index (χ1n) is 9.41. The lowest BCUT2D eigenvalue weighted by Crippen LogP contribution is -2.46. The summed E-state index contributed by atoms with van der Waals surface area (Å²) in [5, 5.41) is 37.3. The molecule has 0 aliphatic rings. The summed E-state index contributed by atoms with van der Waals surface area (Å²) in [4.78, 5) is 45.2. The van der Waals surface area contributed by atoms with Crippen molar-refractivity contribution in [1.29, 1.82) is 0 Å². The lowest BCUT2D eigenvalue weighted by molar-refractivity contribution is -0.169. The normalized spacial score (nSPS) is 11.7. The minimum absolute atomic E-state index is 0.0471. The number of nitrogens with one attached hydrogen (secondary N) is 1. The molecule has 0 aliphatic heterocycles. The summed E-state index contributed by atoms with van der Waals surface area (Å²) in [7, 11) is 0. The van der Waals surface area contributed by atoms with E-state index in [4.69, 9.17) is 10.2 Å². The van der Waals surface area contributed by atoms with Gasteiger partial charge in [0.05, 0.1) is 12.4 Å². The Bertz CT molecular complexity index is 727. The van der Waals surface area contributed by atoms with Crippen molar-refractivity contribution in [2.75, 3.05) is 13.2 Å². The van der Waals surface area contributed by atoms with Gasteiger partial charge in [-0.05, 0) is 32.1 Å². The summed E-state index contributed by atoms with van der Waals surface area (Å²) in [6, 6.07) is -1.44. The number of halogens is 1. The molecule has 30 heavy (non-hydrogen) atoms. The first-order chi connectivity index (χ1) is 14.2. The molecule has 0 saturated heterocycles. The average Bonchev–Trinajstić information content (AvgIpc) is 3.13. The van der Waals surface area contributed by atoms with Crippen molar-refractivity contribution < 1.29 is 39.0 Å². The summed E-state index contributed by atoms with van der Waals surface area (Å²) in [6.45, 7) is -0.716. The van der Waals surface area contributed by atoms with Gasteiger partial charge in [0, 0.05) is 25.6 Å². The van der Waals surface area contributed by atoms with Crippen LogP contribution in [0.15, 0.2) is 6.20 Å². The molecule has 0 aromatic carbocycles. The number of amides is 2. The molecule has 12 nitrogen and oxygen atoms in total. The van der Waals surface area contributed by atoms with Crippen molar-refractivity contribution >= 4 is 23.8 Å². The highest BCUT2D eigenvalue weighted by atomic mass is 19.1. The van der Waals surface area contributed by atoms with Gasteiger partial charge in [-0.2, -0.15) is 0 Å². The van der Waals surface area contributed by atoms with E-state index in [1.165, 1.54) is 0 Å². The van der Waals surface area contributed by atoms with Crippen LogP contribution in [0.5, 0.6) is 0 Å². The van der Waals surface area contributed by atoms with Crippen molar-refractivity contribution in [3.63, 3.8) is 0 Å². The van der Waals surface area contributed by atoms with Crippen LogP contribution in [0.3, 0.4) is 0 Å². The lowest BCUT2D eigenvalue weighted by Gasteiger charge is -2.17. The van der Waals surface area contributed by atoms with Crippen molar-refractivity contribution in [3.05, 3.63) is 11.9 Å². The number of aryl methyl sites for hydroxylation is 2. The monoisotopic (exact) mass is 431 g/mol. The molecule has 0 saturated carbocycles. The molecule has 2 amide bonds. The summed E-state index contributed by atoms with van der Waals surface area (Å²) >= 11 is 0. The predicted octanol–water partition coefficient (Wildman–Crippen LogP) is 0.00250. The first-order valence-corrected chi connectivity index (χ1v) is 9.41. The highest BCUT2D eigenvalue weighted by molar-refractivity contribution is 5.87. The Hall–Kier alpha value is -3.09. The van der Waals surface area contributed by atoms with Crippen molar-refractivity contribution in [2.24, 2.45) is 0 Å². The number of rotatable bonds is 15. The fourth-order valence-electron chi connectivity index (χ4n) is 2.48. The Morgan fingerprint density at radius 3 is 2.53 bits per heavy atom. The zero-order chi connectivity index (χ0) is 22.5. The van der Waals surface area contributed by atoms with Crippen molar-refractivity contribution in [2.45, 2.75) is 57.5 Å². The number of carboxylic acids is 2. The SMILES string of the molecule is O=C(O)CC[C@H](NC(=O)CN(O)C(=O)CCCCn1cc(CCCF)nn1)C(=O)O. The third kappa shape index (κ3) is 9.91. The van der Waals surface area contributed by atoms with Gasteiger partial charge in [0.1, 0.15) is 12.6 Å². The summed E-state index contributed by atoms with van der Waals surface area (Å²) in [5.41, 5.74) is 0.680. The quantitative estimate of drug-likeness (QED) is 0.169. The summed E-state index contributed by atoms with van der Waals surface area (Å²) in [6.07, 6.45) is 2.69. The molecule has 0 aliphatic carbocycles. The fourth-order valence-corrected chi connectivity index (χ4v) is 2.48. The zero-order valence-corrected chi connectivity index (χ0v) is 16.4. The average molecular weight is 431 g/mol. The van der Waals surface area contributed by atoms with Gasteiger partial charge in [-0.15, -0.1) is 5.10 Å². The number of hydroxylamine groups is 2. The molecule has 168 valence electrons. The topological polar surface area (TPSA) is 175 Å². The van der Waals surface area contributed by atoms with E-state index < -0.39 is 49.4 Å². The maximum atomic E-state index is 12.1. The van der Waals surface area contributed by atoms with Gasteiger partial charge in [0.2, 0.25) is 11.8 Å². The van der Waals surface area contributed by atoms with Gasteiger partial charge in [-0.3, -0.25) is 28.7 Å². The number of unbranched alkanes of at least 4 members (excludes halogenated alkanes) is 1. The smallest absolute Gasteiger partial charge is 0.326 e. The number of carboxylic acid groups (broad SMARTS) is 2.